The molecule has 0 amide bonds. The largest absolute Gasteiger partial charge is 0.356 e. The number of fused-ring (bicyclic) bond motifs is 1. The Morgan fingerprint density at radius 3 is 2.80 bits per heavy atom. The number of nitrogens with zero attached hydrogens (tertiary/aromatic N) is 5. The lowest BCUT2D eigenvalue weighted by molar-refractivity contribution is 0.779. The zero-order chi connectivity index (χ0) is 17.4. The number of rotatable bonds is 3. The van der Waals surface area contributed by atoms with E-state index in [1.54, 1.807) is 18.5 Å². The van der Waals surface area contributed by atoms with Gasteiger partial charge in [0.1, 0.15) is 11.0 Å². The van der Waals surface area contributed by atoms with Crippen LogP contribution in [0.5, 0.6) is 0 Å². The van der Waals surface area contributed by atoms with Gasteiger partial charge in [-0.15, -0.1) is 0 Å². The number of pyridine rings is 3. The first-order valence-corrected chi connectivity index (χ1v) is 8.11. The Hall–Kier alpha value is -2.99. The van der Waals surface area contributed by atoms with Gasteiger partial charge in [0.2, 0.25) is 0 Å². The highest BCUT2D eigenvalue weighted by Crippen LogP contribution is 2.22. The highest BCUT2D eigenvalue weighted by Gasteiger charge is 2.19. The maximum Gasteiger partial charge on any atom is 0.356 e. The van der Waals surface area contributed by atoms with Gasteiger partial charge in [0.05, 0.1) is 12.2 Å². The van der Waals surface area contributed by atoms with Crippen LogP contribution in [0.15, 0.2) is 59.8 Å². The molecular weight excluding hydrogens is 338 g/mol. The summed E-state index contributed by atoms with van der Waals surface area (Å²) in [5.41, 5.74) is 2.37. The van der Waals surface area contributed by atoms with Crippen molar-refractivity contribution in [1.82, 2.24) is 24.1 Å². The van der Waals surface area contributed by atoms with Gasteiger partial charge in [-0.2, -0.15) is 4.98 Å². The maximum atomic E-state index is 12.5. The van der Waals surface area contributed by atoms with E-state index in [1.807, 2.05) is 48.0 Å². The van der Waals surface area contributed by atoms with E-state index in [0.29, 0.717) is 29.0 Å². The van der Waals surface area contributed by atoms with Gasteiger partial charge in [0.25, 0.3) is 0 Å². The topological polar surface area (TPSA) is 65.6 Å². The van der Waals surface area contributed by atoms with Crippen molar-refractivity contribution in [2.45, 2.75) is 13.5 Å². The van der Waals surface area contributed by atoms with Crippen LogP contribution in [-0.2, 0) is 6.54 Å². The van der Waals surface area contributed by atoms with Crippen molar-refractivity contribution >= 4 is 11.6 Å². The van der Waals surface area contributed by atoms with Crippen LogP contribution in [0.25, 0.3) is 17.3 Å². The van der Waals surface area contributed by atoms with Gasteiger partial charge >= 0.3 is 5.69 Å². The summed E-state index contributed by atoms with van der Waals surface area (Å²) in [4.78, 5) is 25.1. The van der Waals surface area contributed by atoms with Gasteiger partial charge in [-0.1, -0.05) is 17.7 Å². The van der Waals surface area contributed by atoms with Crippen LogP contribution in [0.1, 0.15) is 11.1 Å². The van der Waals surface area contributed by atoms with Crippen molar-refractivity contribution in [3.8, 4) is 17.3 Å². The van der Waals surface area contributed by atoms with Crippen molar-refractivity contribution < 1.29 is 0 Å². The molecule has 0 unspecified atom stereocenters. The second kappa shape index (κ2) is 6.14. The molecule has 0 atom stereocenters. The van der Waals surface area contributed by atoms with E-state index >= 15 is 0 Å². The van der Waals surface area contributed by atoms with Gasteiger partial charge in [-0.05, 0) is 48.4 Å². The Morgan fingerprint density at radius 2 is 2.04 bits per heavy atom. The van der Waals surface area contributed by atoms with Crippen molar-refractivity contribution in [1.29, 1.82) is 0 Å². The first-order valence-electron chi connectivity index (χ1n) is 7.73. The van der Waals surface area contributed by atoms with E-state index in [0.717, 1.165) is 11.1 Å². The van der Waals surface area contributed by atoms with Crippen LogP contribution >= 0.6 is 11.6 Å². The average Bonchev–Trinajstić information content (AvgIpc) is 2.94. The van der Waals surface area contributed by atoms with Crippen molar-refractivity contribution in [2.24, 2.45) is 0 Å². The molecule has 4 rings (SSSR count). The van der Waals surface area contributed by atoms with Gasteiger partial charge in [-0.25, -0.2) is 19.3 Å². The summed E-state index contributed by atoms with van der Waals surface area (Å²) in [5, 5.41) is 0.448. The first kappa shape index (κ1) is 15.5. The Morgan fingerprint density at radius 1 is 1.16 bits per heavy atom. The molecule has 0 saturated heterocycles. The fraction of sp³-hybridized carbons (Fsp3) is 0.111. The summed E-state index contributed by atoms with van der Waals surface area (Å²) < 4.78 is 3.44. The zero-order valence-corrected chi connectivity index (χ0v) is 14.2. The van der Waals surface area contributed by atoms with Crippen molar-refractivity contribution in [3.63, 3.8) is 0 Å². The first-order chi connectivity index (χ1) is 12.1. The van der Waals surface area contributed by atoms with Gasteiger partial charge < -0.3 is 4.57 Å². The van der Waals surface area contributed by atoms with E-state index in [2.05, 4.69) is 15.0 Å². The summed E-state index contributed by atoms with van der Waals surface area (Å²) in [6.45, 7) is 2.50. The molecule has 2 aromatic heterocycles. The monoisotopic (exact) mass is 351 g/mol. The Labute approximate surface area is 148 Å². The molecule has 2 aliphatic heterocycles. The average molecular weight is 352 g/mol. The number of imidazole rings is 1. The summed E-state index contributed by atoms with van der Waals surface area (Å²) in [7, 11) is 0. The van der Waals surface area contributed by atoms with E-state index in [-0.39, 0.29) is 5.69 Å². The number of hydrogen-bond donors (Lipinski definition) is 0. The summed E-state index contributed by atoms with van der Waals surface area (Å²) in [5.74, 6) is 1.17. The molecule has 0 bridgehead atoms. The quantitative estimate of drug-likeness (QED) is 0.532. The molecule has 0 radical (unpaired) electrons. The molecule has 0 spiro atoms. The molecule has 2 aliphatic rings. The fourth-order valence-electron chi connectivity index (χ4n) is 2.76. The van der Waals surface area contributed by atoms with Gasteiger partial charge in [0.15, 0.2) is 5.82 Å². The zero-order valence-electron chi connectivity index (χ0n) is 13.4. The van der Waals surface area contributed by atoms with Crippen molar-refractivity contribution in [2.75, 3.05) is 0 Å². The predicted octanol–water partition coefficient (Wildman–Crippen LogP) is 2.94. The lowest BCUT2D eigenvalue weighted by Crippen LogP contribution is -2.15. The molecule has 0 aliphatic carbocycles. The summed E-state index contributed by atoms with van der Waals surface area (Å²) in [6.07, 6.45) is 5.29. The minimum Gasteiger partial charge on any atom is -0.327 e. The third-order valence-corrected chi connectivity index (χ3v) is 4.15. The molecular formula is C18H14ClN5O. The standard InChI is InChI=1S/C18H14ClN5O/c1-12-6-7-20-16(9-12)24-14-3-2-8-23(17(14)22-18(24)25)11-13-4-5-15(19)21-10-13/h2-10H,11H2,1H3. The molecule has 0 saturated carbocycles. The summed E-state index contributed by atoms with van der Waals surface area (Å²) in [6, 6.07) is 11.2. The van der Waals surface area contributed by atoms with Crippen LogP contribution in [0.3, 0.4) is 0 Å². The van der Waals surface area contributed by atoms with Crippen LogP contribution in [0.4, 0.5) is 0 Å². The normalized spacial score (nSPS) is 11.1. The molecule has 124 valence electrons. The van der Waals surface area contributed by atoms with Gasteiger partial charge in [-0.3, -0.25) is 0 Å². The van der Waals surface area contributed by atoms with Crippen LogP contribution < -0.4 is 5.69 Å². The number of hydrogen-bond acceptors (Lipinski definition) is 4. The molecule has 0 N–H and O–H groups in total. The molecule has 4 heterocycles. The third-order valence-electron chi connectivity index (χ3n) is 3.93. The van der Waals surface area contributed by atoms with Crippen LogP contribution in [-0.4, -0.2) is 24.1 Å². The minimum atomic E-state index is -0.345. The lowest BCUT2D eigenvalue weighted by atomic mass is 10.2. The Kier molecular flexibility index (Phi) is 3.82. The molecule has 7 heteroatoms. The maximum absolute atomic E-state index is 12.5. The van der Waals surface area contributed by atoms with Gasteiger partial charge in [0, 0.05) is 18.6 Å². The SMILES string of the molecule is Cc1ccnc(-n2c3cccn(Cc4ccc(Cl)nc4)c-3nc2=O)c1. The third kappa shape index (κ3) is 2.92. The fourth-order valence-corrected chi connectivity index (χ4v) is 2.87. The number of aromatic nitrogens is 5. The molecule has 6 nitrogen and oxygen atoms in total. The molecule has 0 fully saturated rings. The highest BCUT2D eigenvalue weighted by molar-refractivity contribution is 6.29. The van der Waals surface area contributed by atoms with E-state index < -0.39 is 0 Å². The summed E-state index contributed by atoms with van der Waals surface area (Å²) >= 11 is 5.83. The Balaban J connectivity index is 1.79. The second-order valence-corrected chi connectivity index (χ2v) is 6.14. The minimum absolute atomic E-state index is 0.345. The van der Waals surface area contributed by atoms with Crippen LogP contribution in [0, 0.1) is 6.92 Å². The predicted molar refractivity (Wildman–Crippen MR) is 95.3 cm³/mol. The van der Waals surface area contributed by atoms with E-state index in [4.69, 9.17) is 11.6 Å². The molecule has 2 aromatic rings. The van der Waals surface area contributed by atoms with E-state index in [9.17, 15) is 4.79 Å². The second-order valence-electron chi connectivity index (χ2n) is 5.76. The Bertz CT molecular complexity index is 1070. The molecule has 0 aromatic carbocycles. The number of halogens is 1. The smallest absolute Gasteiger partial charge is 0.327 e. The van der Waals surface area contributed by atoms with E-state index in [1.165, 1.54) is 4.57 Å². The lowest BCUT2D eigenvalue weighted by Gasteiger charge is -2.12. The van der Waals surface area contributed by atoms with Crippen LogP contribution in [0.2, 0.25) is 5.15 Å². The molecule has 25 heavy (non-hydrogen) atoms. The highest BCUT2D eigenvalue weighted by atomic mass is 35.5. The van der Waals surface area contributed by atoms with Crippen molar-refractivity contribution in [3.05, 3.63) is 81.8 Å². The number of aryl methyl sites for hydroxylation is 1.